The third-order valence-electron chi connectivity index (χ3n) is 1.87. The molecule has 0 atom stereocenters. The van der Waals surface area contributed by atoms with Gasteiger partial charge in [-0.1, -0.05) is 39.8 Å². The fraction of sp³-hybridized carbons (Fsp3) is 0.500. The Morgan fingerprint density at radius 1 is 1.23 bits per heavy atom. The smallest absolute Gasteiger partial charge is 0.0531 e. The quantitative estimate of drug-likeness (QED) is 0.459. The van der Waals surface area contributed by atoms with Crippen LogP contribution in [-0.4, -0.2) is 5.87 Å². The molecule has 1 nitrogen and oxygen atoms in total. The lowest BCUT2D eigenvalue weighted by Gasteiger charge is -2.08. The molecule has 0 aromatic carbocycles. The number of nitrogens with zero attached hydrogens (tertiary/aromatic N) is 1. The molecular formula is C12H19N. The summed E-state index contributed by atoms with van der Waals surface area (Å²) < 4.78 is 0. The summed E-state index contributed by atoms with van der Waals surface area (Å²) >= 11 is 0. The Labute approximate surface area is 81.6 Å². The maximum absolute atomic E-state index is 4.09. The van der Waals surface area contributed by atoms with Gasteiger partial charge in [0.1, 0.15) is 0 Å². The number of hydrogen-bond acceptors (Lipinski definition) is 1. The molecule has 0 saturated carbocycles. The third-order valence-corrected chi connectivity index (χ3v) is 1.87. The molecule has 0 aliphatic carbocycles. The SMILES string of the molecule is C=C=N/C(=C\C(=C)C(C)C)C(C)C. The minimum atomic E-state index is 0.393. The Balaban J connectivity index is 4.73. The van der Waals surface area contributed by atoms with Crippen molar-refractivity contribution in [3.8, 4) is 0 Å². The summed E-state index contributed by atoms with van der Waals surface area (Å²) in [6.45, 7) is 15.9. The first-order chi connectivity index (χ1) is 5.99. The zero-order valence-corrected chi connectivity index (χ0v) is 9.09. The van der Waals surface area contributed by atoms with Gasteiger partial charge in [-0.05, 0) is 30.4 Å². The first-order valence-corrected chi connectivity index (χ1v) is 4.62. The topological polar surface area (TPSA) is 12.4 Å². The third kappa shape index (κ3) is 4.49. The van der Waals surface area contributed by atoms with Crippen LogP contribution in [0.15, 0.2) is 35.5 Å². The Bertz CT molecular complexity index is 250. The molecule has 0 saturated heterocycles. The molecule has 0 aromatic rings. The van der Waals surface area contributed by atoms with Gasteiger partial charge in [-0.3, -0.25) is 0 Å². The summed E-state index contributed by atoms with van der Waals surface area (Å²) in [5.41, 5.74) is 2.09. The molecule has 0 unspecified atom stereocenters. The van der Waals surface area contributed by atoms with E-state index in [1.165, 1.54) is 0 Å². The van der Waals surface area contributed by atoms with Crippen LogP contribution in [0.4, 0.5) is 0 Å². The molecule has 0 aromatic heterocycles. The normalized spacial score (nSPS) is 11.7. The summed E-state index contributed by atoms with van der Waals surface area (Å²) in [6, 6.07) is 0. The minimum absolute atomic E-state index is 0.393. The average Bonchev–Trinajstić information content (AvgIpc) is 2.03. The van der Waals surface area contributed by atoms with Crippen LogP contribution < -0.4 is 0 Å². The Hall–Kier alpha value is -1.07. The van der Waals surface area contributed by atoms with Crippen molar-refractivity contribution in [1.29, 1.82) is 0 Å². The van der Waals surface area contributed by atoms with Crippen molar-refractivity contribution in [2.45, 2.75) is 27.7 Å². The van der Waals surface area contributed by atoms with E-state index in [4.69, 9.17) is 0 Å². The van der Waals surface area contributed by atoms with E-state index in [1.54, 1.807) is 0 Å². The molecule has 0 heterocycles. The predicted octanol–water partition coefficient (Wildman–Crippen LogP) is 3.59. The van der Waals surface area contributed by atoms with E-state index in [9.17, 15) is 0 Å². The van der Waals surface area contributed by atoms with Crippen molar-refractivity contribution >= 4 is 5.87 Å². The highest BCUT2D eigenvalue weighted by molar-refractivity contribution is 5.49. The van der Waals surface area contributed by atoms with Crippen LogP contribution in [-0.2, 0) is 0 Å². The lowest BCUT2D eigenvalue weighted by molar-refractivity contribution is 0.743. The lowest BCUT2D eigenvalue weighted by Crippen LogP contribution is -1.95. The van der Waals surface area contributed by atoms with Gasteiger partial charge < -0.3 is 0 Å². The van der Waals surface area contributed by atoms with Gasteiger partial charge in [-0.2, -0.15) is 0 Å². The van der Waals surface area contributed by atoms with Crippen molar-refractivity contribution in [2.24, 2.45) is 16.8 Å². The number of hydrogen-bond donors (Lipinski definition) is 0. The summed E-state index contributed by atoms with van der Waals surface area (Å²) in [6.07, 6.45) is 2.02. The predicted molar refractivity (Wildman–Crippen MR) is 60.0 cm³/mol. The van der Waals surface area contributed by atoms with E-state index in [-0.39, 0.29) is 0 Å². The number of allylic oxidation sites excluding steroid dienone is 3. The first-order valence-electron chi connectivity index (χ1n) is 4.62. The second-order valence-corrected chi connectivity index (χ2v) is 3.72. The van der Waals surface area contributed by atoms with Gasteiger partial charge >= 0.3 is 0 Å². The van der Waals surface area contributed by atoms with Crippen molar-refractivity contribution in [2.75, 3.05) is 0 Å². The molecule has 0 fully saturated rings. The van der Waals surface area contributed by atoms with Crippen molar-refractivity contribution in [3.05, 3.63) is 30.5 Å². The molecule has 72 valence electrons. The van der Waals surface area contributed by atoms with E-state index in [2.05, 4.69) is 51.7 Å². The van der Waals surface area contributed by atoms with Gasteiger partial charge in [-0.15, -0.1) is 0 Å². The second-order valence-electron chi connectivity index (χ2n) is 3.72. The van der Waals surface area contributed by atoms with Gasteiger partial charge in [0.25, 0.3) is 0 Å². The van der Waals surface area contributed by atoms with Crippen LogP contribution in [0.25, 0.3) is 0 Å². The van der Waals surface area contributed by atoms with Crippen LogP contribution in [0.2, 0.25) is 0 Å². The highest BCUT2D eigenvalue weighted by Gasteiger charge is 2.03. The number of rotatable bonds is 4. The Morgan fingerprint density at radius 3 is 2.08 bits per heavy atom. The fourth-order valence-electron chi connectivity index (χ4n) is 0.776. The van der Waals surface area contributed by atoms with Gasteiger partial charge in [0, 0.05) is 0 Å². The summed E-state index contributed by atoms with van der Waals surface area (Å²) in [5, 5.41) is 0. The summed E-state index contributed by atoms with van der Waals surface area (Å²) in [7, 11) is 0. The maximum Gasteiger partial charge on any atom is 0.0531 e. The minimum Gasteiger partial charge on any atom is -0.211 e. The highest BCUT2D eigenvalue weighted by atomic mass is 14.7. The first kappa shape index (κ1) is 11.9. The molecule has 0 rings (SSSR count). The lowest BCUT2D eigenvalue weighted by atomic mass is 10.0. The van der Waals surface area contributed by atoms with Gasteiger partial charge in [0.05, 0.1) is 5.70 Å². The molecule has 0 spiro atoms. The molecule has 0 bridgehead atoms. The molecular weight excluding hydrogens is 158 g/mol. The molecule has 13 heavy (non-hydrogen) atoms. The van der Waals surface area contributed by atoms with Gasteiger partial charge in [0.15, 0.2) is 0 Å². The Kier molecular flexibility index (Phi) is 5.10. The van der Waals surface area contributed by atoms with Crippen LogP contribution >= 0.6 is 0 Å². The van der Waals surface area contributed by atoms with E-state index in [0.29, 0.717) is 11.8 Å². The van der Waals surface area contributed by atoms with E-state index < -0.39 is 0 Å². The molecule has 0 aliphatic rings. The zero-order chi connectivity index (χ0) is 10.4. The zero-order valence-electron chi connectivity index (χ0n) is 9.09. The Morgan fingerprint density at radius 2 is 1.77 bits per heavy atom. The summed E-state index contributed by atoms with van der Waals surface area (Å²) in [4.78, 5) is 4.09. The van der Waals surface area contributed by atoms with Gasteiger partial charge in [0.2, 0.25) is 0 Å². The van der Waals surface area contributed by atoms with Crippen LogP contribution in [0.5, 0.6) is 0 Å². The van der Waals surface area contributed by atoms with E-state index in [0.717, 1.165) is 11.3 Å². The van der Waals surface area contributed by atoms with E-state index in [1.807, 2.05) is 6.08 Å². The molecule has 0 amide bonds. The molecule has 0 aliphatic heterocycles. The van der Waals surface area contributed by atoms with Crippen molar-refractivity contribution in [1.82, 2.24) is 0 Å². The van der Waals surface area contributed by atoms with Crippen LogP contribution in [0.3, 0.4) is 0 Å². The summed E-state index contributed by atoms with van der Waals surface area (Å²) in [5.74, 6) is 3.42. The fourth-order valence-corrected chi connectivity index (χ4v) is 0.776. The van der Waals surface area contributed by atoms with Gasteiger partial charge in [-0.25, -0.2) is 4.99 Å². The van der Waals surface area contributed by atoms with Crippen molar-refractivity contribution < 1.29 is 0 Å². The van der Waals surface area contributed by atoms with E-state index >= 15 is 0 Å². The molecule has 0 N–H and O–H groups in total. The highest BCUT2D eigenvalue weighted by Crippen LogP contribution is 2.16. The standard InChI is InChI=1S/C12H19N/c1-7-13-12(10(4)5)8-11(6)9(2)3/h8-10H,1,6H2,2-5H3/b12-8-. The van der Waals surface area contributed by atoms with Crippen molar-refractivity contribution in [3.63, 3.8) is 0 Å². The van der Waals surface area contributed by atoms with Crippen LogP contribution in [0, 0.1) is 11.8 Å². The average molecular weight is 177 g/mol. The molecule has 0 radical (unpaired) electrons. The monoisotopic (exact) mass is 177 g/mol. The largest absolute Gasteiger partial charge is 0.211 e. The van der Waals surface area contributed by atoms with Crippen LogP contribution in [0.1, 0.15) is 27.7 Å². The number of aliphatic imine (C=N–C) groups is 1. The molecule has 1 heteroatoms. The second kappa shape index (κ2) is 5.55. The maximum atomic E-state index is 4.09.